The Kier molecular flexibility index (Phi) is 2.41. The van der Waals surface area contributed by atoms with Crippen LogP contribution in [-0.2, 0) is 6.54 Å². The van der Waals surface area contributed by atoms with Crippen molar-refractivity contribution in [1.82, 2.24) is 14.8 Å². The second-order valence-corrected chi connectivity index (χ2v) is 3.74. The molecule has 15 heavy (non-hydrogen) atoms. The Hall–Kier alpha value is -1.84. The zero-order valence-corrected chi connectivity index (χ0v) is 8.94. The molecule has 0 aliphatic carbocycles. The Morgan fingerprint density at radius 1 is 1.33 bits per heavy atom. The average molecular weight is 202 g/mol. The normalized spacial score (nSPS) is 10.5. The number of aromatic nitrogens is 3. The lowest BCUT2D eigenvalue weighted by Crippen LogP contribution is -2.01. The molecule has 0 saturated heterocycles. The smallest absolute Gasteiger partial charge is 0.0823 e. The number of rotatable bonds is 2. The van der Waals surface area contributed by atoms with Crippen LogP contribution in [0.25, 0.3) is 0 Å². The number of anilines is 1. The van der Waals surface area contributed by atoms with Gasteiger partial charge in [-0.15, -0.1) is 0 Å². The van der Waals surface area contributed by atoms with Gasteiger partial charge in [-0.2, -0.15) is 5.10 Å². The van der Waals surface area contributed by atoms with Gasteiger partial charge in [-0.25, -0.2) is 0 Å². The monoisotopic (exact) mass is 202 g/mol. The summed E-state index contributed by atoms with van der Waals surface area (Å²) in [5.41, 5.74) is 9.62. The van der Waals surface area contributed by atoms with Crippen molar-refractivity contribution in [2.75, 3.05) is 5.73 Å². The molecule has 0 unspecified atom stereocenters. The summed E-state index contributed by atoms with van der Waals surface area (Å²) in [5, 5.41) is 4.30. The summed E-state index contributed by atoms with van der Waals surface area (Å²) in [6, 6.07) is 2.10. The van der Waals surface area contributed by atoms with Gasteiger partial charge in [0.2, 0.25) is 0 Å². The molecular weight excluding hydrogens is 188 g/mol. The molecule has 2 heterocycles. The Morgan fingerprint density at radius 3 is 2.73 bits per heavy atom. The van der Waals surface area contributed by atoms with Crippen LogP contribution in [-0.4, -0.2) is 14.8 Å². The van der Waals surface area contributed by atoms with Crippen LogP contribution in [0.5, 0.6) is 0 Å². The van der Waals surface area contributed by atoms with Crippen molar-refractivity contribution >= 4 is 5.69 Å². The SMILES string of the molecule is Cc1cncc(Cn2cc(N)c(C)n2)c1. The van der Waals surface area contributed by atoms with Gasteiger partial charge in [0.05, 0.1) is 17.9 Å². The zero-order valence-electron chi connectivity index (χ0n) is 8.94. The quantitative estimate of drug-likeness (QED) is 0.803. The van der Waals surface area contributed by atoms with E-state index in [0.29, 0.717) is 6.54 Å². The maximum Gasteiger partial charge on any atom is 0.0823 e. The van der Waals surface area contributed by atoms with E-state index < -0.39 is 0 Å². The highest BCUT2D eigenvalue weighted by Gasteiger charge is 2.01. The second kappa shape index (κ2) is 3.73. The molecule has 2 aromatic rings. The molecule has 4 nitrogen and oxygen atoms in total. The van der Waals surface area contributed by atoms with Crippen molar-refractivity contribution in [2.24, 2.45) is 0 Å². The predicted octanol–water partition coefficient (Wildman–Crippen LogP) is 1.53. The van der Waals surface area contributed by atoms with Crippen LogP contribution in [0, 0.1) is 13.8 Å². The first-order chi connectivity index (χ1) is 7.15. The molecule has 0 amide bonds. The Bertz CT molecular complexity index is 454. The number of pyridine rings is 1. The third-order valence-electron chi connectivity index (χ3n) is 2.26. The first kappa shape index (κ1) is 9.71. The van der Waals surface area contributed by atoms with E-state index in [2.05, 4.69) is 16.1 Å². The summed E-state index contributed by atoms with van der Waals surface area (Å²) in [7, 11) is 0. The fraction of sp³-hybridized carbons (Fsp3) is 0.273. The van der Waals surface area contributed by atoms with E-state index in [1.807, 2.05) is 37.1 Å². The lowest BCUT2D eigenvalue weighted by Gasteiger charge is -2.01. The van der Waals surface area contributed by atoms with Gasteiger partial charge in [0.15, 0.2) is 0 Å². The summed E-state index contributed by atoms with van der Waals surface area (Å²) in [6.45, 7) is 4.65. The topological polar surface area (TPSA) is 56.7 Å². The number of hydrogen-bond donors (Lipinski definition) is 1. The molecule has 2 N–H and O–H groups in total. The average Bonchev–Trinajstić information content (AvgIpc) is 2.45. The fourth-order valence-electron chi connectivity index (χ4n) is 1.51. The minimum Gasteiger partial charge on any atom is -0.396 e. The van der Waals surface area contributed by atoms with Gasteiger partial charge in [-0.3, -0.25) is 9.67 Å². The van der Waals surface area contributed by atoms with Crippen molar-refractivity contribution in [1.29, 1.82) is 0 Å². The first-order valence-electron chi connectivity index (χ1n) is 4.85. The fourth-order valence-corrected chi connectivity index (χ4v) is 1.51. The van der Waals surface area contributed by atoms with Gasteiger partial charge in [0, 0.05) is 18.6 Å². The molecule has 0 fully saturated rings. The highest BCUT2D eigenvalue weighted by atomic mass is 15.3. The zero-order chi connectivity index (χ0) is 10.8. The summed E-state index contributed by atoms with van der Waals surface area (Å²) < 4.78 is 1.83. The lowest BCUT2D eigenvalue weighted by molar-refractivity contribution is 0.677. The van der Waals surface area contributed by atoms with Crippen LogP contribution in [0.2, 0.25) is 0 Å². The van der Waals surface area contributed by atoms with Crippen LogP contribution in [0.15, 0.2) is 24.7 Å². The number of nitrogen functional groups attached to an aromatic ring is 1. The molecule has 0 aromatic carbocycles. The van der Waals surface area contributed by atoms with Gasteiger partial charge in [0.25, 0.3) is 0 Å². The molecule has 4 heteroatoms. The summed E-state index contributed by atoms with van der Waals surface area (Å²) in [5.74, 6) is 0. The highest BCUT2D eigenvalue weighted by molar-refractivity contribution is 5.39. The van der Waals surface area contributed by atoms with E-state index in [1.54, 1.807) is 0 Å². The molecular formula is C11H14N4. The van der Waals surface area contributed by atoms with E-state index in [9.17, 15) is 0 Å². The third-order valence-corrected chi connectivity index (χ3v) is 2.26. The molecule has 0 atom stereocenters. The summed E-state index contributed by atoms with van der Waals surface area (Å²) in [4.78, 5) is 4.14. The van der Waals surface area contributed by atoms with Gasteiger partial charge < -0.3 is 5.73 Å². The van der Waals surface area contributed by atoms with Crippen molar-refractivity contribution in [2.45, 2.75) is 20.4 Å². The number of nitrogens with zero attached hydrogens (tertiary/aromatic N) is 3. The number of aryl methyl sites for hydroxylation is 2. The second-order valence-electron chi connectivity index (χ2n) is 3.74. The van der Waals surface area contributed by atoms with Crippen molar-refractivity contribution in [3.63, 3.8) is 0 Å². The van der Waals surface area contributed by atoms with Gasteiger partial charge >= 0.3 is 0 Å². The number of nitrogens with two attached hydrogens (primary N) is 1. The maximum atomic E-state index is 5.73. The molecule has 78 valence electrons. The highest BCUT2D eigenvalue weighted by Crippen LogP contribution is 2.09. The largest absolute Gasteiger partial charge is 0.396 e. The van der Waals surface area contributed by atoms with Crippen LogP contribution < -0.4 is 5.73 Å². The molecule has 0 saturated carbocycles. The number of hydrogen-bond acceptors (Lipinski definition) is 3. The minimum atomic E-state index is 0.715. The van der Waals surface area contributed by atoms with E-state index in [1.165, 1.54) is 0 Å². The molecule has 0 bridgehead atoms. The van der Waals surface area contributed by atoms with Gasteiger partial charge in [-0.1, -0.05) is 6.07 Å². The Labute approximate surface area is 88.8 Å². The molecule has 0 aliphatic rings. The summed E-state index contributed by atoms with van der Waals surface area (Å²) >= 11 is 0. The predicted molar refractivity (Wildman–Crippen MR) is 59.5 cm³/mol. The van der Waals surface area contributed by atoms with Gasteiger partial charge in [0.1, 0.15) is 0 Å². The Morgan fingerprint density at radius 2 is 2.13 bits per heavy atom. The summed E-state index contributed by atoms with van der Waals surface area (Å²) in [6.07, 6.45) is 5.53. The van der Waals surface area contributed by atoms with E-state index in [4.69, 9.17) is 5.73 Å². The van der Waals surface area contributed by atoms with Crippen molar-refractivity contribution in [3.05, 3.63) is 41.5 Å². The van der Waals surface area contributed by atoms with Gasteiger partial charge in [-0.05, 0) is 25.0 Å². The van der Waals surface area contributed by atoms with Crippen molar-refractivity contribution < 1.29 is 0 Å². The standard InChI is InChI=1S/C11H14N4/c1-8-3-10(5-13-4-8)6-15-7-11(12)9(2)14-15/h3-5,7H,6,12H2,1-2H3. The van der Waals surface area contributed by atoms with E-state index in [0.717, 1.165) is 22.5 Å². The molecule has 0 radical (unpaired) electrons. The maximum absolute atomic E-state index is 5.73. The van der Waals surface area contributed by atoms with Crippen molar-refractivity contribution in [3.8, 4) is 0 Å². The van der Waals surface area contributed by atoms with E-state index in [-0.39, 0.29) is 0 Å². The molecule has 0 aliphatic heterocycles. The van der Waals surface area contributed by atoms with Crippen LogP contribution in [0.3, 0.4) is 0 Å². The molecule has 2 rings (SSSR count). The first-order valence-corrected chi connectivity index (χ1v) is 4.85. The molecule has 0 spiro atoms. The van der Waals surface area contributed by atoms with Crippen LogP contribution in [0.1, 0.15) is 16.8 Å². The van der Waals surface area contributed by atoms with Crippen LogP contribution >= 0.6 is 0 Å². The third kappa shape index (κ3) is 2.15. The lowest BCUT2D eigenvalue weighted by atomic mass is 10.2. The molecule has 2 aromatic heterocycles. The van der Waals surface area contributed by atoms with E-state index >= 15 is 0 Å². The van der Waals surface area contributed by atoms with Crippen LogP contribution in [0.4, 0.5) is 5.69 Å². The Balaban J connectivity index is 2.22. The minimum absolute atomic E-state index is 0.715.